The van der Waals surface area contributed by atoms with Crippen LogP contribution in [0.1, 0.15) is 44.8 Å². The number of carbonyl (C=O) groups is 1. The molecule has 0 amide bonds. The van der Waals surface area contributed by atoms with Gasteiger partial charge in [-0.2, -0.15) is 5.10 Å². The summed E-state index contributed by atoms with van der Waals surface area (Å²) in [6, 6.07) is 1.98. The van der Waals surface area contributed by atoms with Gasteiger partial charge in [-0.15, -0.1) is 0 Å². The van der Waals surface area contributed by atoms with E-state index in [1.807, 2.05) is 21.8 Å². The van der Waals surface area contributed by atoms with Gasteiger partial charge < -0.3 is 5.11 Å². The summed E-state index contributed by atoms with van der Waals surface area (Å²) in [5.74, 6) is -0.710. The molecule has 2 rings (SSSR count). The molecule has 0 aliphatic carbocycles. The van der Waals surface area contributed by atoms with E-state index in [1.54, 1.807) is 0 Å². The highest BCUT2D eigenvalue weighted by Gasteiger charge is 2.28. The second kappa shape index (κ2) is 5.52. The van der Waals surface area contributed by atoms with Crippen molar-refractivity contribution >= 4 is 5.97 Å². The summed E-state index contributed by atoms with van der Waals surface area (Å²) in [5, 5.41) is 13.7. The Kier molecular flexibility index (Phi) is 4.01. The zero-order valence-electron chi connectivity index (χ0n) is 11.0. The van der Waals surface area contributed by atoms with E-state index in [0.29, 0.717) is 12.6 Å². The first-order valence-corrected chi connectivity index (χ1v) is 6.59. The van der Waals surface area contributed by atoms with E-state index in [4.69, 9.17) is 0 Å². The van der Waals surface area contributed by atoms with Crippen LogP contribution in [0.25, 0.3) is 0 Å². The fourth-order valence-corrected chi connectivity index (χ4v) is 2.42. The molecule has 1 atom stereocenters. The molecule has 1 aliphatic heterocycles. The number of hydrogen-bond acceptors (Lipinski definition) is 3. The molecule has 0 bridgehead atoms. The highest BCUT2D eigenvalue weighted by Crippen LogP contribution is 2.19. The molecule has 1 N–H and O–H groups in total. The molecule has 1 fully saturated rings. The van der Waals surface area contributed by atoms with E-state index in [9.17, 15) is 9.90 Å². The van der Waals surface area contributed by atoms with Gasteiger partial charge >= 0.3 is 5.97 Å². The standard InChI is InChI=1S/C13H21N3O2/c1-10(2)16-8-6-11(14-16)9-15-7-4-3-5-12(15)13(17)18/h6,8,10,12H,3-5,7,9H2,1-2H3,(H,17,18). The number of aromatic nitrogens is 2. The quantitative estimate of drug-likeness (QED) is 0.888. The van der Waals surface area contributed by atoms with Gasteiger partial charge in [0.2, 0.25) is 0 Å². The molecule has 1 unspecified atom stereocenters. The van der Waals surface area contributed by atoms with Crippen molar-refractivity contribution in [2.24, 2.45) is 0 Å². The largest absolute Gasteiger partial charge is 0.480 e. The van der Waals surface area contributed by atoms with Crippen LogP contribution < -0.4 is 0 Å². The second-order valence-electron chi connectivity index (χ2n) is 5.20. The van der Waals surface area contributed by atoms with Gasteiger partial charge in [0.05, 0.1) is 5.69 Å². The van der Waals surface area contributed by atoms with Crippen molar-refractivity contribution in [3.8, 4) is 0 Å². The SMILES string of the molecule is CC(C)n1ccc(CN2CCCCC2C(=O)O)n1. The predicted octanol–water partition coefficient (Wildman–Crippen LogP) is 1.90. The van der Waals surface area contributed by atoms with E-state index >= 15 is 0 Å². The van der Waals surface area contributed by atoms with E-state index in [-0.39, 0.29) is 6.04 Å². The molecule has 2 heterocycles. The highest BCUT2D eigenvalue weighted by molar-refractivity contribution is 5.73. The Hall–Kier alpha value is -1.36. The fourth-order valence-electron chi connectivity index (χ4n) is 2.42. The number of nitrogens with zero attached hydrogens (tertiary/aromatic N) is 3. The lowest BCUT2D eigenvalue weighted by molar-refractivity contribution is -0.144. The van der Waals surface area contributed by atoms with Crippen molar-refractivity contribution in [1.29, 1.82) is 0 Å². The number of likely N-dealkylation sites (tertiary alicyclic amines) is 1. The Bertz CT molecular complexity index is 414. The summed E-state index contributed by atoms with van der Waals surface area (Å²) in [7, 11) is 0. The molecule has 0 radical (unpaired) electrons. The van der Waals surface area contributed by atoms with E-state index in [0.717, 1.165) is 31.5 Å². The van der Waals surface area contributed by atoms with Gasteiger partial charge in [0.1, 0.15) is 6.04 Å². The van der Waals surface area contributed by atoms with Crippen LogP contribution in [0.15, 0.2) is 12.3 Å². The first-order chi connectivity index (χ1) is 8.58. The minimum absolute atomic E-state index is 0.343. The summed E-state index contributed by atoms with van der Waals surface area (Å²) in [4.78, 5) is 13.2. The Labute approximate surface area is 107 Å². The van der Waals surface area contributed by atoms with Crippen molar-refractivity contribution in [2.75, 3.05) is 6.54 Å². The zero-order valence-corrected chi connectivity index (χ0v) is 11.0. The van der Waals surface area contributed by atoms with Crippen LogP contribution in [-0.2, 0) is 11.3 Å². The third-order valence-corrected chi connectivity index (χ3v) is 3.46. The molecule has 18 heavy (non-hydrogen) atoms. The third kappa shape index (κ3) is 2.90. The molecule has 1 aromatic heterocycles. The first-order valence-electron chi connectivity index (χ1n) is 6.59. The van der Waals surface area contributed by atoms with Crippen molar-refractivity contribution in [1.82, 2.24) is 14.7 Å². The van der Waals surface area contributed by atoms with Crippen molar-refractivity contribution in [3.63, 3.8) is 0 Å². The van der Waals surface area contributed by atoms with Gasteiger partial charge in [-0.1, -0.05) is 6.42 Å². The normalized spacial score (nSPS) is 21.4. The summed E-state index contributed by atoms with van der Waals surface area (Å²) < 4.78 is 1.91. The maximum absolute atomic E-state index is 11.2. The van der Waals surface area contributed by atoms with Crippen molar-refractivity contribution in [2.45, 2.75) is 51.7 Å². The maximum atomic E-state index is 11.2. The van der Waals surface area contributed by atoms with Crippen LogP contribution >= 0.6 is 0 Å². The molecule has 5 nitrogen and oxygen atoms in total. The van der Waals surface area contributed by atoms with Crippen LogP contribution in [0.4, 0.5) is 0 Å². The fraction of sp³-hybridized carbons (Fsp3) is 0.692. The Balaban J connectivity index is 2.03. The first kappa shape index (κ1) is 13.1. The second-order valence-corrected chi connectivity index (χ2v) is 5.20. The molecule has 0 spiro atoms. The van der Waals surface area contributed by atoms with E-state index in [1.165, 1.54) is 0 Å². The van der Waals surface area contributed by atoms with Crippen LogP contribution in [0.3, 0.4) is 0 Å². The van der Waals surface area contributed by atoms with Gasteiger partial charge in [0.25, 0.3) is 0 Å². The average molecular weight is 251 g/mol. The summed E-state index contributed by atoms with van der Waals surface area (Å²) >= 11 is 0. The molecule has 100 valence electrons. The number of rotatable bonds is 4. The third-order valence-electron chi connectivity index (χ3n) is 3.46. The van der Waals surface area contributed by atoms with Crippen LogP contribution in [-0.4, -0.2) is 38.3 Å². The zero-order chi connectivity index (χ0) is 13.1. The lowest BCUT2D eigenvalue weighted by Crippen LogP contribution is -2.44. The van der Waals surface area contributed by atoms with E-state index in [2.05, 4.69) is 18.9 Å². The van der Waals surface area contributed by atoms with Gasteiger partial charge in [-0.25, -0.2) is 0 Å². The molecular formula is C13H21N3O2. The Morgan fingerprint density at radius 2 is 2.33 bits per heavy atom. The van der Waals surface area contributed by atoms with Gasteiger partial charge in [0, 0.05) is 18.8 Å². The van der Waals surface area contributed by atoms with E-state index < -0.39 is 5.97 Å². The van der Waals surface area contributed by atoms with Gasteiger partial charge in [-0.05, 0) is 39.3 Å². The minimum atomic E-state index is -0.710. The lowest BCUT2D eigenvalue weighted by atomic mass is 10.0. The van der Waals surface area contributed by atoms with Gasteiger partial charge in [0.15, 0.2) is 0 Å². The van der Waals surface area contributed by atoms with Crippen LogP contribution in [0.5, 0.6) is 0 Å². The molecular weight excluding hydrogens is 230 g/mol. The number of piperidine rings is 1. The van der Waals surface area contributed by atoms with Crippen LogP contribution in [0, 0.1) is 0 Å². The number of carboxylic acids is 1. The van der Waals surface area contributed by atoms with Crippen molar-refractivity contribution < 1.29 is 9.90 Å². The smallest absolute Gasteiger partial charge is 0.320 e. The topological polar surface area (TPSA) is 58.4 Å². The number of hydrogen-bond donors (Lipinski definition) is 1. The lowest BCUT2D eigenvalue weighted by Gasteiger charge is -2.32. The monoisotopic (exact) mass is 251 g/mol. The Morgan fingerprint density at radius 1 is 1.56 bits per heavy atom. The number of carboxylic acid groups (broad SMARTS) is 1. The Morgan fingerprint density at radius 3 is 2.94 bits per heavy atom. The van der Waals surface area contributed by atoms with Crippen molar-refractivity contribution in [3.05, 3.63) is 18.0 Å². The number of aliphatic carboxylic acids is 1. The minimum Gasteiger partial charge on any atom is -0.480 e. The maximum Gasteiger partial charge on any atom is 0.320 e. The highest BCUT2D eigenvalue weighted by atomic mass is 16.4. The molecule has 0 aromatic carbocycles. The molecule has 5 heteroatoms. The summed E-state index contributed by atoms with van der Waals surface area (Å²) in [6.45, 7) is 5.65. The average Bonchev–Trinajstić information content (AvgIpc) is 2.78. The molecule has 1 aromatic rings. The van der Waals surface area contributed by atoms with Gasteiger partial charge in [-0.3, -0.25) is 14.4 Å². The molecule has 1 saturated heterocycles. The molecule has 1 aliphatic rings. The predicted molar refractivity (Wildman–Crippen MR) is 68.3 cm³/mol. The summed E-state index contributed by atoms with van der Waals surface area (Å²) in [6.07, 6.45) is 4.79. The molecule has 0 saturated carbocycles. The summed E-state index contributed by atoms with van der Waals surface area (Å²) in [5.41, 5.74) is 0.955. The van der Waals surface area contributed by atoms with Crippen LogP contribution in [0.2, 0.25) is 0 Å².